The van der Waals surface area contributed by atoms with Crippen LogP contribution < -0.4 is 0 Å². The van der Waals surface area contributed by atoms with Gasteiger partial charge in [-0.05, 0) is 17.5 Å². The summed E-state index contributed by atoms with van der Waals surface area (Å²) in [6.07, 6.45) is 1.63. The third-order valence-corrected chi connectivity index (χ3v) is 4.40. The molecule has 1 N–H and O–H groups in total. The van der Waals surface area contributed by atoms with E-state index in [2.05, 4.69) is 60.4 Å². The van der Waals surface area contributed by atoms with E-state index in [0.29, 0.717) is 0 Å². The van der Waals surface area contributed by atoms with Crippen LogP contribution in [0.2, 0.25) is 0 Å². The van der Waals surface area contributed by atoms with Crippen LogP contribution in [-0.4, -0.2) is 22.3 Å². The minimum atomic E-state index is -0.656. The van der Waals surface area contributed by atoms with Crippen LogP contribution in [0.25, 0.3) is 0 Å². The molecule has 0 aromatic heterocycles. The Labute approximate surface area is 120 Å². The lowest BCUT2D eigenvalue weighted by molar-refractivity contribution is -0.197. The minimum Gasteiger partial charge on any atom is -0.376 e. The Bertz CT molecular complexity index is 511. The zero-order valence-electron chi connectivity index (χ0n) is 11.9. The van der Waals surface area contributed by atoms with Gasteiger partial charge in [0.1, 0.15) is 5.72 Å². The van der Waals surface area contributed by atoms with Crippen molar-refractivity contribution >= 4 is 0 Å². The first-order valence-corrected chi connectivity index (χ1v) is 7.33. The third-order valence-electron chi connectivity index (χ3n) is 4.40. The smallest absolute Gasteiger partial charge is 0.120 e. The second kappa shape index (κ2) is 5.39. The van der Waals surface area contributed by atoms with Crippen molar-refractivity contribution in [2.24, 2.45) is 0 Å². The number of benzene rings is 2. The topological polar surface area (TPSA) is 23.5 Å². The summed E-state index contributed by atoms with van der Waals surface area (Å²) in [6.45, 7) is 3.00. The van der Waals surface area contributed by atoms with Gasteiger partial charge in [-0.15, -0.1) is 0 Å². The fourth-order valence-corrected chi connectivity index (χ4v) is 3.07. The van der Waals surface area contributed by atoms with Gasteiger partial charge < -0.3 is 5.11 Å². The number of hydrogen-bond donors (Lipinski definition) is 1. The average Bonchev–Trinajstić information content (AvgIpc) is 2.52. The van der Waals surface area contributed by atoms with E-state index >= 15 is 0 Å². The van der Waals surface area contributed by atoms with E-state index in [1.54, 1.807) is 0 Å². The van der Waals surface area contributed by atoms with E-state index in [1.807, 2.05) is 12.1 Å². The fourth-order valence-electron chi connectivity index (χ4n) is 3.07. The first kappa shape index (κ1) is 13.3. The molecule has 0 amide bonds. The van der Waals surface area contributed by atoms with Crippen molar-refractivity contribution in [3.8, 4) is 0 Å². The van der Waals surface area contributed by atoms with Gasteiger partial charge in [-0.25, -0.2) is 0 Å². The van der Waals surface area contributed by atoms with Crippen LogP contribution >= 0.6 is 0 Å². The largest absolute Gasteiger partial charge is 0.376 e. The second-order valence-corrected chi connectivity index (χ2v) is 5.50. The Morgan fingerprint density at radius 2 is 1.50 bits per heavy atom. The van der Waals surface area contributed by atoms with Gasteiger partial charge in [0.15, 0.2) is 0 Å². The van der Waals surface area contributed by atoms with Gasteiger partial charge >= 0.3 is 0 Å². The zero-order chi connectivity index (χ0) is 14.0. The summed E-state index contributed by atoms with van der Waals surface area (Å²) in [5.41, 5.74) is 1.83. The Hall–Kier alpha value is -1.64. The van der Waals surface area contributed by atoms with E-state index in [4.69, 9.17) is 0 Å². The molecule has 0 aliphatic carbocycles. The summed E-state index contributed by atoms with van der Waals surface area (Å²) in [5, 5.41) is 10.7. The molecule has 1 saturated heterocycles. The lowest BCUT2D eigenvalue weighted by Gasteiger charge is -2.52. The van der Waals surface area contributed by atoms with Crippen molar-refractivity contribution < 1.29 is 5.11 Å². The molecule has 1 fully saturated rings. The molecular weight excluding hydrogens is 246 g/mol. The number of rotatable bonds is 4. The van der Waals surface area contributed by atoms with Gasteiger partial charge in [0.05, 0.1) is 6.04 Å². The monoisotopic (exact) mass is 267 g/mol. The molecule has 0 spiro atoms. The van der Waals surface area contributed by atoms with E-state index < -0.39 is 5.72 Å². The van der Waals surface area contributed by atoms with Crippen molar-refractivity contribution in [3.05, 3.63) is 71.8 Å². The van der Waals surface area contributed by atoms with Crippen LogP contribution in [0.5, 0.6) is 0 Å². The van der Waals surface area contributed by atoms with E-state index in [0.717, 1.165) is 19.4 Å². The van der Waals surface area contributed by atoms with Gasteiger partial charge in [0.25, 0.3) is 0 Å². The zero-order valence-corrected chi connectivity index (χ0v) is 11.9. The molecule has 2 nitrogen and oxygen atoms in total. The highest BCUT2D eigenvalue weighted by atomic mass is 16.3. The molecule has 1 aliphatic heterocycles. The predicted molar refractivity (Wildman–Crippen MR) is 81.3 cm³/mol. The van der Waals surface area contributed by atoms with Crippen LogP contribution in [0.4, 0.5) is 0 Å². The fraction of sp³-hybridized carbons (Fsp3) is 0.333. The number of nitrogens with zero attached hydrogens (tertiary/aromatic N) is 1. The number of hydrogen-bond acceptors (Lipinski definition) is 2. The molecule has 2 heteroatoms. The van der Waals surface area contributed by atoms with Crippen LogP contribution in [0.3, 0.4) is 0 Å². The Balaban J connectivity index is 2.01. The quantitative estimate of drug-likeness (QED) is 0.915. The van der Waals surface area contributed by atoms with Crippen LogP contribution in [0, 0.1) is 0 Å². The molecule has 104 valence electrons. The number of aliphatic hydroxyl groups is 1. The lowest BCUT2D eigenvalue weighted by Crippen LogP contribution is -2.60. The van der Waals surface area contributed by atoms with Crippen LogP contribution in [0.1, 0.15) is 36.9 Å². The molecule has 1 unspecified atom stereocenters. The average molecular weight is 267 g/mol. The lowest BCUT2D eigenvalue weighted by atomic mass is 9.87. The molecule has 0 bridgehead atoms. The van der Waals surface area contributed by atoms with E-state index in [-0.39, 0.29) is 6.04 Å². The van der Waals surface area contributed by atoms with E-state index in [9.17, 15) is 5.11 Å². The third kappa shape index (κ3) is 2.26. The van der Waals surface area contributed by atoms with Crippen molar-refractivity contribution in [2.75, 3.05) is 6.54 Å². The van der Waals surface area contributed by atoms with Crippen molar-refractivity contribution in [2.45, 2.75) is 31.5 Å². The first-order chi connectivity index (χ1) is 9.74. The molecule has 1 heterocycles. The van der Waals surface area contributed by atoms with Crippen molar-refractivity contribution in [1.82, 2.24) is 4.90 Å². The molecule has 2 aromatic rings. The molecule has 2 aromatic carbocycles. The van der Waals surface area contributed by atoms with E-state index in [1.165, 1.54) is 11.1 Å². The van der Waals surface area contributed by atoms with Crippen LogP contribution in [0.15, 0.2) is 60.7 Å². The molecular formula is C18H21NO. The molecule has 3 rings (SSSR count). The maximum Gasteiger partial charge on any atom is 0.120 e. The summed E-state index contributed by atoms with van der Waals surface area (Å²) in [4.78, 5) is 2.22. The highest BCUT2D eigenvalue weighted by molar-refractivity contribution is 5.33. The predicted octanol–water partition coefficient (Wildman–Crippen LogP) is 3.58. The molecule has 1 aliphatic rings. The maximum atomic E-state index is 10.7. The summed E-state index contributed by atoms with van der Waals surface area (Å²) in [5.74, 6) is 0. The minimum absolute atomic E-state index is 0.135. The second-order valence-electron chi connectivity index (χ2n) is 5.50. The first-order valence-electron chi connectivity index (χ1n) is 7.33. The molecule has 1 atom stereocenters. The Morgan fingerprint density at radius 3 is 1.85 bits per heavy atom. The van der Waals surface area contributed by atoms with Crippen LogP contribution in [-0.2, 0) is 0 Å². The molecule has 0 radical (unpaired) electrons. The normalized spacial score (nSPS) is 22.8. The van der Waals surface area contributed by atoms with Gasteiger partial charge in [0.2, 0.25) is 0 Å². The SMILES string of the molecule is CCC1(O)CCN1C(c1ccccc1)c1ccccc1. The summed E-state index contributed by atoms with van der Waals surface area (Å²) in [7, 11) is 0. The van der Waals surface area contributed by atoms with Gasteiger partial charge in [-0.3, -0.25) is 4.90 Å². The summed E-state index contributed by atoms with van der Waals surface area (Å²) in [6, 6.07) is 21.0. The molecule has 20 heavy (non-hydrogen) atoms. The Kier molecular flexibility index (Phi) is 3.60. The van der Waals surface area contributed by atoms with Gasteiger partial charge in [0, 0.05) is 13.0 Å². The highest BCUT2D eigenvalue weighted by Gasteiger charge is 2.45. The van der Waals surface area contributed by atoms with Gasteiger partial charge in [-0.1, -0.05) is 67.6 Å². The van der Waals surface area contributed by atoms with Crippen molar-refractivity contribution in [3.63, 3.8) is 0 Å². The number of likely N-dealkylation sites (tertiary alicyclic amines) is 1. The van der Waals surface area contributed by atoms with Crippen molar-refractivity contribution in [1.29, 1.82) is 0 Å². The standard InChI is InChI=1S/C18H21NO/c1-2-18(20)13-14-19(18)17(15-9-5-3-6-10-15)16-11-7-4-8-12-16/h3-12,17,20H,2,13-14H2,1H3. The van der Waals surface area contributed by atoms with Gasteiger partial charge in [-0.2, -0.15) is 0 Å². The summed E-state index contributed by atoms with van der Waals surface area (Å²) >= 11 is 0. The molecule has 0 saturated carbocycles. The maximum absolute atomic E-state index is 10.7. The summed E-state index contributed by atoms with van der Waals surface area (Å²) < 4.78 is 0. The Morgan fingerprint density at radius 1 is 1.00 bits per heavy atom. The highest BCUT2D eigenvalue weighted by Crippen LogP contribution is 2.41.